The van der Waals surface area contributed by atoms with Gasteiger partial charge >= 0.3 is 0 Å². The second-order valence-corrected chi connectivity index (χ2v) is 4.92. The molecule has 14 heavy (non-hydrogen) atoms. The maximum absolute atomic E-state index is 11.6. The minimum absolute atomic E-state index is 0.0321. The SMILES string of the molecule is O=S1(=O)C=C(CCO)c2ccccc21. The van der Waals surface area contributed by atoms with Crippen LogP contribution in [-0.4, -0.2) is 20.1 Å². The quantitative estimate of drug-likeness (QED) is 0.798. The van der Waals surface area contributed by atoms with E-state index in [2.05, 4.69) is 0 Å². The van der Waals surface area contributed by atoms with Gasteiger partial charge in [-0.25, -0.2) is 8.42 Å². The van der Waals surface area contributed by atoms with E-state index in [4.69, 9.17) is 5.11 Å². The Morgan fingerprint density at radius 1 is 1.21 bits per heavy atom. The van der Waals surface area contributed by atoms with Crippen LogP contribution in [0.4, 0.5) is 0 Å². The molecule has 0 atom stereocenters. The molecule has 0 amide bonds. The largest absolute Gasteiger partial charge is 0.396 e. The second kappa shape index (κ2) is 3.22. The van der Waals surface area contributed by atoms with Gasteiger partial charge in [-0.05, 0) is 23.6 Å². The van der Waals surface area contributed by atoms with Crippen molar-refractivity contribution in [3.63, 3.8) is 0 Å². The Kier molecular flexibility index (Phi) is 2.17. The lowest BCUT2D eigenvalue weighted by Crippen LogP contribution is -1.92. The number of benzene rings is 1. The van der Waals surface area contributed by atoms with Gasteiger partial charge in [0.2, 0.25) is 9.84 Å². The molecule has 1 N–H and O–H groups in total. The number of aliphatic hydroxyl groups is 1. The van der Waals surface area contributed by atoms with E-state index in [0.717, 1.165) is 5.56 Å². The van der Waals surface area contributed by atoms with E-state index < -0.39 is 9.84 Å². The Bertz CT molecular complexity index is 486. The first-order valence-corrected chi connectivity index (χ1v) is 5.86. The molecule has 0 fully saturated rings. The number of hydrogen-bond acceptors (Lipinski definition) is 3. The van der Waals surface area contributed by atoms with Gasteiger partial charge in [-0.1, -0.05) is 18.2 Å². The first-order chi connectivity index (χ1) is 6.65. The highest BCUT2D eigenvalue weighted by Crippen LogP contribution is 2.34. The van der Waals surface area contributed by atoms with Gasteiger partial charge in [0.05, 0.1) is 4.90 Å². The van der Waals surface area contributed by atoms with Crippen molar-refractivity contribution >= 4 is 15.4 Å². The number of hydrogen-bond donors (Lipinski definition) is 1. The fraction of sp³-hybridized carbons (Fsp3) is 0.200. The average molecular weight is 210 g/mol. The fourth-order valence-electron chi connectivity index (χ4n) is 1.61. The zero-order valence-electron chi connectivity index (χ0n) is 7.47. The molecular weight excluding hydrogens is 200 g/mol. The lowest BCUT2D eigenvalue weighted by atomic mass is 10.1. The maximum atomic E-state index is 11.6. The molecule has 1 aromatic carbocycles. The molecule has 0 saturated carbocycles. The maximum Gasteiger partial charge on any atom is 0.200 e. The number of sulfone groups is 1. The molecule has 3 nitrogen and oxygen atoms in total. The van der Waals surface area contributed by atoms with Crippen LogP contribution in [0.25, 0.3) is 5.57 Å². The summed E-state index contributed by atoms with van der Waals surface area (Å²) in [5.74, 6) is 0. The van der Waals surface area contributed by atoms with Gasteiger partial charge in [-0.2, -0.15) is 0 Å². The number of rotatable bonds is 2. The summed E-state index contributed by atoms with van der Waals surface area (Å²) < 4.78 is 23.2. The standard InChI is InChI=1S/C10H10O3S/c11-6-5-8-7-14(12,13)10-4-2-1-3-9(8)10/h1-4,7,11H,5-6H2. The molecule has 0 radical (unpaired) electrons. The van der Waals surface area contributed by atoms with E-state index in [-0.39, 0.29) is 6.61 Å². The molecule has 4 heteroatoms. The van der Waals surface area contributed by atoms with Crippen molar-refractivity contribution in [3.05, 3.63) is 35.2 Å². The van der Waals surface area contributed by atoms with E-state index in [0.29, 0.717) is 16.9 Å². The zero-order chi connectivity index (χ0) is 10.2. The fourth-order valence-corrected chi connectivity index (χ4v) is 3.13. The molecule has 0 unspecified atom stereocenters. The van der Waals surface area contributed by atoms with E-state index in [9.17, 15) is 8.42 Å². The lowest BCUT2D eigenvalue weighted by molar-refractivity contribution is 0.305. The summed E-state index contributed by atoms with van der Waals surface area (Å²) in [5.41, 5.74) is 1.42. The smallest absolute Gasteiger partial charge is 0.200 e. The van der Waals surface area contributed by atoms with Gasteiger partial charge in [-0.15, -0.1) is 0 Å². The number of fused-ring (bicyclic) bond motifs is 1. The third-order valence-corrected chi connectivity index (χ3v) is 3.78. The van der Waals surface area contributed by atoms with Gasteiger partial charge in [0.15, 0.2) is 0 Å². The molecule has 0 aliphatic carbocycles. The summed E-state index contributed by atoms with van der Waals surface area (Å²) >= 11 is 0. The summed E-state index contributed by atoms with van der Waals surface area (Å²) in [6.07, 6.45) is 0.385. The van der Waals surface area contributed by atoms with E-state index in [1.54, 1.807) is 24.3 Å². The second-order valence-electron chi connectivity index (χ2n) is 3.16. The highest BCUT2D eigenvalue weighted by atomic mass is 32.2. The molecule has 0 aromatic heterocycles. The summed E-state index contributed by atoms with van der Waals surface area (Å²) in [6, 6.07) is 6.85. The molecule has 0 bridgehead atoms. The Morgan fingerprint density at radius 3 is 2.64 bits per heavy atom. The van der Waals surface area contributed by atoms with Crippen LogP contribution in [0.2, 0.25) is 0 Å². The minimum atomic E-state index is -3.25. The van der Waals surface area contributed by atoms with Crippen molar-refractivity contribution in [2.75, 3.05) is 6.61 Å². The van der Waals surface area contributed by atoms with Crippen LogP contribution in [0.5, 0.6) is 0 Å². The van der Waals surface area contributed by atoms with Gasteiger partial charge in [0.1, 0.15) is 0 Å². The van der Waals surface area contributed by atoms with Crippen LogP contribution < -0.4 is 0 Å². The van der Waals surface area contributed by atoms with Crippen LogP contribution in [0.15, 0.2) is 34.6 Å². The van der Waals surface area contributed by atoms with Crippen molar-refractivity contribution in [2.24, 2.45) is 0 Å². The third-order valence-electron chi connectivity index (χ3n) is 2.22. The predicted octanol–water partition coefficient (Wildman–Crippen LogP) is 1.20. The van der Waals surface area contributed by atoms with Gasteiger partial charge in [0, 0.05) is 12.0 Å². The topological polar surface area (TPSA) is 54.4 Å². The average Bonchev–Trinajstić information content (AvgIpc) is 2.41. The van der Waals surface area contributed by atoms with Crippen molar-refractivity contribution in [3.8, 4) is 0 Å². The van der Waals surface area contributed by atoms with Gasteiger partial charge < -0.3 is 5.11 Å². The Hall–Kier alpha value is -1.13. The normalized spacial score (nSPS) is 17.6. The van der Waals surface area contributed by atoms with Crippen LogP contribution in [0.1, 0.15) is 12.0 Å². The van der Waals surface area contributed by atoms with Crippen LogP contribution in [0.3, 0.4) is 0 Å². The molecule has 2 rings (SSSR count). The minimum Gasteiger partial charge on any atom is -0.396 e. The summed E-state index contributed by atoms with van der Waals surface area (Å²) in [4.78, 5) is 0.350. The van der Waals surface area contributed by atoms with Crippen molar-refractivity contribution in [1.29, 1.82) is 0 Å². The molecular formula is C10H10O3S. The monoisotopic (exact) mass is 210 g/mol. The first-order valence-electron chi connectivity index (χ1n) is 4.31. The van der Waals surface area contributed by atoms with Crippen LogP contribution in [-0.2, 0) is 9.84 Å². The van der Waals surface area contributed by atoms with Crippen molar-refractivity contribution in [2.45, 2.75) is 11.3 Å². The lowest BCUT2D eigenvalue weighted by Gasteiger charge is -2.00. The first kappa shape index (κ1) is 9.43. The predicted molar refractivity (Wildman–Crippen MR) is 53.3 cm³/mol. The summed E-state index contributed by atoms with van der Waals surface area (Å²) in [5, 5.41) is 10.0. The molecule has 0 spiro atoms. The highest BCUT2D eigenvalue weighted by molar-refractivity contribution is 7.95. The third kappa shape index (κ3) is 1.36. The Balaban J connectivity index is 2.61. The summed E-state index contributed by atoms with van der Waals surface area (Å²) in [6.45, 7) is -0.0321. The molecule has 1 aromatic rings. The molecule has 0 saturated heterocycles. The van der Waals surface area contributed by atoms with Crippen LogP contribution >= 0.6 is 0 Å². The highest BCUT2D eigenvalue weighted by Gasteiger charge is 2.25. The summed E-state index contributed by atoms with van der Waals surface area (Å²) in [7, 11) is -3.25. The van der Waals surface area contributed by atoms with Crippen molar-refractivity contribution < 1.29 is 13.5 Å². The van der Waals surface area contributed by atoms with Crippen LogP contribution in [0, 0.1) is 0 Å². The van der Waals surface area contributed by atoms with Gasteiger partial charge in [-0.3, -0.25) is 0 Å². The van der Waals surface area contributed by atoms with E-state index >= 15 is 0 Å². The zero-order valence-corrected chi connectivity index (χ0v) is 8.29. The number of aliphatic hydroxyl groups excluding tert-OH is 1. The molecule has 1 aliphatic rings. The Labute approximate surface area is 82.6 Å². The Morgan fingerprint density at radius 2 is 1.93 bits per heavy atom. The van der Waals surface area contributed by atoms with E-state index in [1.807, 2.05) is 0 Å². The van der Waals surface area contributed by atoms with Crippen molar-refractivity contribution in [1.82, 2.24) is 0 Å². The molecule has 1 heterocycles. The molecule has 74 valence electrons. The van der Waals surface area contributed by atoms with Gasteiger partial charge in [0.25, 0.3) is 0 Å². The van der Waals surface area contributed by atoms with E-state index in [1.165, 1.54) is 5.41 Å². The molecule has 1 aliphatic heterocycles.